The van der Waals surface area contributed by atoms with Crippen molar-refractivity contribution in [2.24, 2.45) is 0 Å². The summed E-state index contributed by atoms with van der Waals surface area (Å²) in [5.74, 6) is -8.59. The molecule has 0 saturated carbocycles. The third-order valence-corrected chi connectivity index (χ3v) is 2.66. The Labute approximate surface area is 95.2 Å². The summed E-state index contributed by atoms with van der Waals surface area (Å²) in [7, 11) is 0. The molecule has 4 nitrogen and oxygen atoms in total. The van der Waals surface area contributed by atoms with Gasteiger partial charge in [-0.05, 0) is 12.8 Å². The van der Waals surface area contributed by atoms with Gasteiger partial charge < -0.3 is 18.6 Å². The minimum Gasteiger partial charge on any atom is -0.518 e. The lowest BCUT2D eigenvalue weighted by atomic mass is 10.1. The molecular formula is C8H12BF4O4-. The van der Waals surface area contributed by atoms with Crippen LogP contribution in [0.1, 0.15) is 12.8 Å². The molecule has 2 aliphatic heterocycles. The molecule has 0 aliphatic carbocycles. The molecule has 0 unspecified atom stereocenters. The number of halogens is 4. The molecule has 17 heavy (non-hydrogen) atoms. The summed E-state index contributed by atoms with van der Waals surface area (Å²) in [6.07, 6.45) is 1.26. The van der Waals surface area contributed by atoms with Gasteiger partial charge in [-0.15, -0.1) is 0 Å². The van der Waals surface area contributed by atoms with E-state index >= 15 is 0 Å². The summed E-state index contributed by atoms with van der Waals surface area (Å²) in [6, 6.07) is 0. The van der Waals surface area contributed by atoms with Crippen molar-refractivity contribution in [2.45, 2.75) is 24.7 Å². The SMILES string of the molecule is FC1(F)CO[B-]2(OCCCCO2)OCC1(F)F. The van der Waals surface area contributed by atoms with Gasteiger partial charge in [0.25, 0.3) is 0 Å². The minimum absolute atomic E-state index is 0.164. The lowest BCUT2D eigenvalue weighted by Crippen LogP contribution is -2.48. The van der Waals surface area contributed by atoms with Crippen molar-refractivity contribution >= 4 is 6.96 Å². The van der Waals surface area contributed by atoms with Crippen LogP contribution in [-0.4, -0.2) is 45.2 Å². The predicted octanol–water partition coefficient (Wildman–Crippen LogP) is 1.57. The summed E-state index contributed by atoms with van der Waals surface area (Å²) >= 11 is 0. The topological polar surface area (TPSA) is 36.9 Å². The van der Waals surface area contributed by atoms with Crippen LogP contribution >= 0.6 is 0 Å². The summed E-state index contributed by atoms with van der Waals surface area (Å²) < 4.78 is 71.4. The maximum Gasteiger partial charge on any atom is 0.531 e. The first-order valence-corrected chi connectivity index (χ1v) is 5.31. The van der Waals surface area contributed by atoms with Crippen LogP contribution < -0.4 is 0 Å². The molecule has 2 fully saturated rings. The van der Waals surface area contributed by atoms with Gasteiger partial charge in [0.2, 0.25) is 0 Å². The van der Waals surface area contributed by atoms with Gasteiger partial charge in [-0.2, -0.15) is 17.6 Å². The minimum atomic E-state index is -4.29. The van der Waals surface area contributed by atoms with Gasteiger partial charge in [-0.25, -0.2) is 0 Å². The summed E-state index contributed by atoms with van der Waals surface area (Å²) in [5, 5.41) is 0. The smallest absolute Gasteiger partial charge is 0.518 e. The number of alkyl halides is 4. The van der Waals surface area contributed by atoms with E-state index in [2.05, 4.69) is 9.31 Å². The molecule has 0 aromatic carbocycles. The van der Waals surface area contributed by atoms with Crippen LogP contribution in [0, 0.1) is 0 Å². The van der Waals surface area contributed by atoms with Crippen LogP contribution in [-0.2, 0) is 18.6 Å². The molecule has 1 spiro atoms. The number of hydrogen-bond acceptors (Lipinski definition) is 4. The first-order valence-electron chi connectivity index (χ1n) is 5.31. The Balaban J connectivity index is 2.13. The average Bonchev–Trinajstić information content (AvgIpc) is 2.53. The van der Waals surface area contributed by atoms with Crippen molar-refractivity contribution in [3.05, 3.63) is 0 Å². The second kappa shape index (κ2) is 4.38. The fraction of sp³-hybridized carbons (Fsp3) is 1.00. The molecule has 0 aromatic rings. The van der Waals surface area contributed by atoms with E-state index in [1.54, 1.807) is 0 Å². The van der Waals surface area contributed by atoms with Gasteiger partial charge in [0, 0.05) is 13.2 Å². The Kier molecular flexibility index (Phi) is 3.37. The van der Waals surface area contributed by atoms with Crippen molar-refractivity contribution in [1.29, 1.82) is 0 Å². The van der Waals surface area contributed by atoms with Crippen molar-refractivity contribution in [3.63, 3.8) is 0 Å². The molecule has 2 heterocycles. The predicted molar refractivity (Wildman–Crippen MR) is 48.7 cm³/mol. The zero-order valence-corrected chi connectivity index (χ0v) is 8.96. The standard InChI is InChI=1S/C8H12BF4O4/c10-7(11)5-16-9(17-6-8(7,12)13)14-3-1-2-4-15-9/h1-6H2/q-1. The molecule has 2 aliphatic rings. The lowest BCUT2D eigenvalue weighted by molar-refractivity contribution is -0.222. The second-order valence-electron chi connectivity index (χ2n) is 4.06. The molecule has 0 bridgehead atoms. The van der Waals surface area contributed by atoms with E-state index < -0.39 is 32.0 Å². The molecular weight excluding hydrogens is 247 g/mol. The fourth-order valence-electron chi connectivity index (χ4n) is 1.57. The Morgan fingerprint density at radius 1 is 0.706 bits per heavy atom. The van der Waals surface area contributed by atoms with E-state index in [0.717, 1.165) is 0 Å². The number of hydrogen-bond donors (Lipinski definition) is 0. The molecule has 0 aromatic heterocycles. The molecule has 0 amide bonds. The normalized spacial score (nSPS) is 31.8. The first-order chi connectivity index (χ1) is 7.87. The van der Waals surface area contributed by atoms with Crippen LogP contribution in [0.3, 0.4) is 0 Å². The largest absolute Gasteiger partial charge is 0.531 e. The highest BCUT2D eigenvalue weighted by Gasteiger charge is 2.59. The molecule has 0 N–H and O–H groups in total. The van der Waals surface area contributed by atoms with Crippen LogP contribution in [0.4, 0.5) is 17.6 Å². The lowest BCUT2D eigenvalue weighted by Gasteiger charge is -2.37. The van der Waals surface area contributed by atoms with E-state index in [1.807, 2.05) is 0 Å². The van der Waals surface area contributed by atoms with E-state index in [-0.39, 0.29) is 13.2 Å². The molecule has 0 radical (unpaired) electrons. The maximum atomic E-state index is 13.0. The van der Waals surface area contributed by atoms with Crippen LogP contribution in [0.25, 0.3) is 0 Å². The van der Waals surface area contributed by atoms with E-state index in [9.17, 15) is 17.6 Å². The maximum absolute atomic E-state index is 13.0. The zero-order chi connectivity index (χ0) is 12.6. The molecule has 2 rings (SSSR count). The van der Waals surface area contributed by atoms with Gasteiger partial charge in [-0.1, -0.05) is 0 Å². The molecule has 9 heteroatoms. The monoisotopic (exact) mass is 259 g/mol. The Morgan fingerprint density at radius 2 is 1.12 bits per heavy atom. The van der Waals surface area contributed by atoms with Crippen molar-refractivity contribution in [3.8, 4) is 0 Å². The highest BCUT2D eigenvalue weighted by molar-refractivity contribution is 6.53. The van der Waals surface area contributed by atoms with Gasteiger partial charge in [0.05, 0.1) is 13.2 Å². The average molecular weight is 259 g/mol. The molecule has 2 saturated heterocycles. The van der Waals surface area contributed by atoms with Crippen LogP contribution in [0.5, 0.6) is 0 Å². The Hall–Kier alpha value is -0.375. The van der Waals surface area contributed by atoms with Crippen molar-refractivity contribution < 1.29 is 36.2 Å². The third-order valence-electron chi connectivity index (χ3n) is 2.66. The van der Waals surface area contributed by atoms with Crippen molar-refractivity contribution in [1.82, 2.24) is 0 Å². The van der Waals surface area contributed by atoms with E-state index in [1.165, 1.54) is 0 Å². The van der Waals surface area contributed by atoms with Gasteiger partial charge in [0.1, 0.15) is 0 Å². The Morgan fingerprint density at radius 3 is 1.53 bits per heavy atom. The molecule has 0 atom stereocenters. The van der Waals surface area contributed by atoms with Gasteiger partial charge in [0.15, 0.2) is 0 Å². The zero-order valence-electron chi connectivity index (χ0n) is 8.96. The van der Waals surface area contributed by atoms with E-state index in [0.29, 0.717) is 12.8 Å². The van der Waals surface area contributed by atoms with Gasteiger partial charge >= 0.3 is 18.8 Å². The van der Waals surface area contributed by atoms with E-state index in [4.69, 9.17) is 9.31 Å². The molecule has 100 valence electrons. The first kappa shape index (κ1) is 13.1. The van der Waals surface area contributed by atoms with Gasteiger partial charge in [-0.3, -0.25) is 0 Å². The third kappa shape index (κ3) is 2.57. The quantitative estimate of drug-likeness (QED) is 0.488. The summed E-state index contributed by atoms with van der Waals surface area (Å²) in [6.45, 7) is -5.58. The highest BCUT2D eigenvalue weighted by Crippen LogP contribution is 2.39. The highest BCUT2D eigenvalue weighted by atomic mass is 19.3. The second-order valence-corrected chi connectivity index (χ2v) is 4.06. The summed E-state index contributed by atoms with van der Waals surface area (Å²) in [4.78, 5) is 0. The summed E-state index contributed by atoms with van der Waals surface area (Å²) in [5.41, 5.74) is 0. The fourth-order valence-corrected chi connectivity index (χ4v) is 1.57. The van der Waals surface area contributed by atoms with Crippen LogP contribution in [0.15, 0.2) is 0 Å². The van der Waals surface area contributed by atoms with Crippen molar-refractivity contribution in [2.75, 3.05) is 26.4 Å². The van der Waals surface area contributed by atoms with Crippen LogP contribution in [0.2, 0.25) is 0 Å². The Bertz CT molecular complexity index is 261. The number of rotatable bonds is 0.